The van der Waals surface area contributed by atoms with Crippen LogP contribution in [-0.2, 0) is 9.59 Å². The quantitative estimate of drug-likeness (QED) is 0.725. The molecule has 2 rings (SSSR count). The van der Waals surface area contributed by atoms with Gasteiger partial charge in [-0.1, -0.05) is 13.8 Å². The molecule has 0 bridgehead atoms. The van der Waals surface area contributed by atoms with Crippen molar-refractivity contribution in [3.05, 3.63) is 29.8 Å². The number of carboxylic acid groups (broad SMARTS) is 1. The predicted molar refractivity (Wildman–Crippen MR) is 105 cm³/mol. The lowest BCUT2D eigenvalue weighted by Gasteiger charge is -2.25. The van der Waals surface area contributed by atoms with Crippen LogP contribution in [0, 0.1) is 11.8 Å². The van der Waals surface area contributed by atoms with Gasteiger partial charge in [0.2, 0.25) is 5.91 Å². The van der Waals surface area contributed by atoms with Gasteiger partial charge >= 0.3 is 5.97 Å². The van der Waals surface area contributed by atoms with E-state index in [0.29, 0.717) is 36.9 Å². The van der Waals surface area contributed by atoms with Gasteiger partial charge in [0, 0.05) is 30.3 Å². The molecule has 1 aromatic carbocycles. The largest absolute Gasteiger partial charge is 0.481 e. The highest BCUT2D eigenvalue weighted by molar-refractivity contribution is 5.96. The van der Waals surface area contributed by atoms with Crippen molar-refractivity contribution < 1.29 is 19.5 Å². The summed E-state index contributed by atoms with van der Waals surface area (Å²) in [6.45, 7) is 5.59. The van der Waals surface area contributed by atoms with Gasteiger partial charge in [-0.25, -0.2) is 0 Å². The number of hydrogen-bond donors (Lipinski definition) is 2. The number of amides is 2. The molecule has 2 amide bonds. The lowest BCUT2D eigenvalue weighted by molar-refractivity contribution is -0.143. The van der Waals surface area contributed by atoms with E-state index in [9.17, 15) is 14.4 Å². The smallest absolute Gasteiger partial charge is 0.306 e. The third-order valence-electron chi connectivity index (χ3n) is 5.12. The Balaban J connectivity index is 1.92. The van der Waals surface area contributed by atoms with Crippen molar-refractivity contribution in [1.29, 1.82) is 0 Å². The molecule has 0 atom stereocenters. The Morgan fingerprint density at radius 2 is 1.48 bits per heavy atom. The highest BCUT2D eigenvalue weighted by Crippen LogP contribution is 2.29. The fraction of sp³-hybridized carbons (Fsp3) is 0.571. The number of aliphatic carboxylic acids is 1. The second-order valence-electron chi connectivity index (χ2n) is 7.25. The molecule has 0 unspecified atom stereocenters. The molecule has 0 saturated heterocycles. The third-order valence-corrected chi connectivity index (χ3v) is 5.12. The van der Waals surface area contributed by atoms with Gasteiger partial charge < -0.3 is 15.3 Å². The Morgan fingerprint density at radius 3 is 1.96 bits per heavy atom. The topological polar surface area (TPSA) is 86.7 Å². The summed E-state index contributed by atoms with van der Waals surface area (Å²) >= 11 is 0. The number of nitrogens with one attached hydrogen (secondary N) is 1. The lowest BCUT2D eigenvalue weighted by atomic mass is 9.81. The molecule has 27 heavy (non-hydrogen) atoms. The van der Waals surface area contributed by atoms with E-state index in [1.807, 2.05) is 4.90 Å². The molecule has 0 aromatic heterocycles. The Hall–Kier alpha value is -2.37. The zero-order valence-electron chi connectivity index (χ0n) is 16.2. The van der Waals surface area contributed by atoms with Gasteiger partial charge in [-0.3, -0.25) is 14.4 Å². The molecule has 6 nitrogen and oxygen atoms in total. The minimum absolute atomic E-state index is 0.0172. The molecule has 0 aliphatic heterocycles. The van der Waals surface area contributed by atoms with Crippen molar-refractivity contribution in [2.24, 2.45) is 11.8 Å². The lowest BCUT2D eigenvalue weighted by Crippen LogP contribution is -2.32. The summed E-state index contributed by atoms with van der Waals surface area (Å²) in [5.74, 6) is -1.30. The van der Waals surface area contributed by atoms with Crippen molar-refractivity contribution in [3.63, 3.8) is 0 Å². The Morgan fingerprint density at radius 1 is 0.963 bits per heavy atom. The number of carbonyl (C=O) groups excluding carboxylic acids is 2. The van der Waals surface area contributed by atoms with Crippen LogP contribution in [0.1, 0.15) is 62.7 Å². The average molecular weight is 374 g/mol. The number of anilines is 1. The average Bonchev–Trinajstić information content (AvgIpc) is 2.68. The Labute approximate surface area is 160 Å². The maximum absolute atomic E-state index is 12.6. The zero-order chi connectivity index (χ0) is 19.8. The van der Waals surface area contributed by atoms with Crippen LogP contribution < -0.4 is 5.32 Å². The van der Waals surface area contributed by atoms with Gasteiger partial charge in [-0.05, 0) is 62.8 Å². The Kier molecular flexibility index (Phi) is 7.82. The zero-order valence-corrected chi connectivity index (χ0v) is 16.2. The predicted octanol–water partition coefficient (Wildman–Crippen LogP) is 3.78. The molecule has 0 radical (unpaired) electrons. The number of carboxylic acids is 1. The van der Waals surface area contributed by atoms with Gasteiger partial charge in [0.15, 0.2) is 0 Å². The minimum atomic E-state index is -0.769. The van der Waals surface area contributed by atoms with Crippen LogP contribution in [0.5, 0.6) is 0 Å². The van der Waals surface area contributed by atoms with Crippen molar-refractivity contribution in [1.82, 2.24) is 4.90 Å². The number of carbonyl (C=O) groups is 3. The molecule has 2 N–H and O–H groups in total. The van der Waals surface area contributed by atoms with E-state index >= 15 is 0 Å². The van der Waals surface area contributed by atoms with Crippen LogP contribution in [0.2, 0.25) is 0 Å². The van der Waals surface area contributed by atoms with Crippen LogP contribution in [0.25, 0.3) is 0 Å². The molecule has 1 aromatic rings. The summed E-state index contributed by atoms with van der Waals surface area (Å²) in [6, 6.07) is 7.00. The van der Waals surface area contributed by atoms with Crippen LogP contribution in [0.4, 0.5) is 5.69 Å². The summed E-state index contributed by atoms with van der Waals surface area (Å²) in [4.78, 5) is 37.9. The molecule has 1 aliphatic rings. The fourth-order valence-corrected chi connectivity index (χ4v) is 3.58. The van der Waals surface area contributed by atoms with Crippen molar-refractivity contribution >= 4 is 23.5 Å². The van der Waals surface area contributed by atoms with Crippen LogP contribution >= 0.6 is 0 Å². The molecule has 1 saturated carbocycles. The van der Waals surface area contributed by atoms with E-state index in [0.717, 1.165) is 25.9 Å². The summed E-state index contributed by atoms with van der Waals surface area (Å²) in [7, 11) is 0. The van der Waals surface area contributed by atoms with Crippen molar-refractivity contribution in [2.75, 3.05) is 18.4 Å². The van der Waals surface area contributed by atoms with E-state index in [1.165, 1.54) is 0 Å². The number of rotatable bonds is 8. The van der Waals surface area contributed by atoms with Gasteiger partial charge in [-0.2, -0.15) is 0 Å². The fourth-order valence-electron chi connectivity index (χ4n) is 3.58. The summed E-state index contributed by atoms with van der Waals surface area (Å²) in [5.41, 5.74) is 1.28. The van der Waals surface area contributed by atoms with E-state index < -0.39 is 5.97 Å². The highest BCUT2D eigenvalue weighted by atomic mass is 16.4. The molecule has 148 valence electrons. The van der Waals surface area contributed by atoms with E-state index in [1.54, 1.807) is 24.3 Å². The molecule has 1 aliphatic carbocycles. The maximum atomic E-state index is 12.6. The van der Waals surface area contributed by atoms with E-state index in [2.05, 4.69) is 19.2 Å². The SMILES string of the molecule is CCCN(CCC)C(=O)c1ccc(NC(=O)C2CCC(C(=O)O)CC2)cc1. The first-order valence-corrected chi connectivity index (χ1v) is 9.89. The normalized spacial score (nSPS) is 19.3. The number of benzene rings is 1. The summed E-state index contributed by atoms with van der Waals surface area (Å²) in [6.07, 6.45) is 4.13. The molecule has 6 heteroatoms. The molecule has 1 fully saturated rings. The monoisotopic (exact) mass is 374 g/mol. The van der Waals surface area contributed by atoms with Crippen LogP contribution in [-0.4, -0.2) is 40.9 Å². The van der Waals surface area contributed by atoms with Gasteiger partial charge in [0.05, 0.1) is 5.92 Å². The van der Waals surface area contributed by atoms with E-state index in [-0.39, 0.29) is 23.7 Å². The first-order chi connectivity index (χ1) is 13.0. The molecular weight excluding hydrogens is 344 g/mol. The standard InChI is InChI=1S/C21H30N2O4/c1-3-13-23(14-4-2)20(25)16-9-11-18(12-10-16)22-19(24)15-5-7-17(8-6-15)21(26)27/h9-12,15,17H,3-8,13-14H2,1-2H3,(H,22,24)(H,26,27). The van der Waals surface area contributed by atoms with Gasteiger partial charge in [-0.15, -0.1) is 0 Å². The second-order valence-corrected chi connectivity index (χ2v) is 7.25. The van der Waals surface area contributed by atoms with Crippen molar-refractivity contribution in [3.8, 4) is 0 Å². The first-order valence-electron chi connectivity index (χ1n) is 9.89. The maximum Gasteiger partial charge on any atom is 0.306 e. The molecule has 0 spiro atoms. The van der Waals surface area contributed by atoms with Crippen LogP contribution in [0.15, 0.2) is 24.3 Å². The summed E-state index contributed by atoms with van der Waals surface area (Å²) < 4.78 is 0. The first kappa shape index (κ1) is 20.9. The minimum Gasteiger partial charge on any atom is -0.481 e. The van der Waals surface area contributed by atoms with E-state index in [4.69, 9.17) is 5.11 Å². The van der Waals surface area contributed by atoms with Gasteiger partial charge in [0.1, 0.15) is 0 Å². The van der Waals surface area contributed by atoms with Crippen LogP contribution in [0.3, 0.4) is 0 Å². The van der Waals surface area contributed by atoms with Crippen molar-refractivity contribution in [2.45, 2.75) is 52.4 Å². The molecule has 0 heterocycles. The molecular formula is C21H30N2O4. The second kappa shape index (κ2) is 10.1. The van der Waals surface area contributed by atoms with Gasteiger partial charge in [0.25, 0.3) is 5.91 Å². The summed E-state index contributed by atoms with van der Waals surface area (Å²) in [5, 5.41) is 11.9. The Bertz CT molecular complexity index is 643. The number of nitrogens with zero attached hydrogens (tertiary/aromatic N) is 1. The third kappa shape index (κ3) is 5.81. The number of hydrogen-bond acceptors (Lipinski definition) is 3. The highest BCUT2D eigenvalue weighted by Gasteiger charge is 2.29.